The van der Waals surface area contributed by atoms with E-state index < -0.39 is 0 Å². The second-order valence-electron chi connectivity index (χ2n) is 7.76. The van der Waals surface area contributed by atoms with Crippen molar-refractivity contribution < 1.29 is 0 Å². The molecule has 3 heteroatoms. The lowest BCUT2D eigenvalue weighted by atomic mass is 9.95. The summed E-state index contributed by atoms with van der Waals surface area (Å²) in [7, 11) is 1.76. The van der Waals surface area contributed by atoms with Crippen molar-refractivity contribution in [1.82, 2.24) is 0 Å². The Balaban J connectivity index is 1.79. The van der Waals surface area contributed by atoms with Crippen molar-refractivity contribution >= 4 is 22.4 Å². The molecule has 0 radical (unpaired) electrons. The van der Waals surface area contributed by atoms with Gasteiger partial charge in [0, 0.05) is 12.4 Å². The van der Waals surface area contributed by atoms with Crippen LogP contribution in [0.25, 0.3) is 10.8 Å². The van der Waals surface area contributed by atoms with E-state index in [1.54, 1.807) is 7.05 Å². The van der Waals surface area contributed by atoms with Crippen LogP contribution >= 0.6 is 0 Å². The van der Waals surface area contributed by atoms with Crippen LogP contribution in [0.3, 0.4) is 0 Å². The van der Waals surface area contributed by atoms with E-state index in [2.05, 4.69) is 88.8 Å². The summed E-state index contributed by atoms with van der Waals surface area (Å²) in [6.45, 7) is 0. The van der Waals surface area contributed by atoms with Gasteiger partial charge in [-0.05, 0) is 46.5 Å². The highest BCUT2D eigenvalue weighted by molar-refractivity contribution is 6.07. The molecule has 1 aliphatic carbocycles. The Morgan fingerprint density at radius 3 is 1.97 bits per heavy atom. The highest BCUT2D eigenvalue weighted by Crippen LogP contribution is 2.40. The number of anilines is 1. The largest absolute Gasteiger partial charge is 0.369 e. The average Bonchev–Trinajstić information content (AvgIpc) is 3.24. The van der Waals surface area contributed by atoms with Crippen LogP contribution in [0, 0.1) is 0 Å². The number of aryl methyl sites for hydroxylation is 2. The van der Waals surface area contributed by atoms with Gasteiger partial charge in [-0.3, -0.25) is 4.99 Å². The van der Waals surface area contributed by atoms with Gasteiger partial charge in [0.1, 0.15) is 0 Å². The molecule has 148 valence electrons. The molecule has 0 aliphatic heterocycles. The summed E-state index contributed by atoms with van der Waals surface area (Å²) in [6.07, 6.45) is 2.21. The third kappa shape index (κ3) is 3.03. The van der Waals surface area contributed by atoms with E-state index in [1.807, 2.05) is 12.1 Å². The summed E-state index contributed by atoms with van der Waals surface area (Å²) in [4.78, 5) is 6.61. The summed E-state index contributed by atoms with van der Waals surface area (Å²) < 4.78 is 0. The van der Waals surface area contributed by atoms with E-state index in [0.29, 0.717) is 5.96 Å². The Labute approximate surface area is 177 Å². The molecule has 30 heavy (non-hydrogen) atoms. The van der Waals surface area contributed by atoms with Crippen LogP contribution in [0.2, 0.25) is 0 Å². The van der Waals surface area contributed by atoms with E-state index in [-0.39, 0.29) is 6.04 Å². The van der Waals surface area contributed by atoms with Gasteiger partial charge in [-0.25, -0.2) is 0 Å². The molecule has 0 fully saturated rings. The Bertz CT molecular complexity index is 1160. The topological polar surface area (TPSA) is 41.6 Å². The monoisotopic (exact) mass is 391 g/mol. The quantitative estimate of drug-likeness (QED) is 0.370. The maximum Gasteiger partial charge on any atom is 0.196 e. The van der Waals surface area contributed by atoms with Crippen molar-refractivity contribution in [2.75, 3.05) is 11.9 Å². The molecule has 5 rings (SSSR count). The van der Waals surface area contributed by atoms with Gasteiger partial charge in [0.05, 0.1) is 11.7 Å². The third-order valence-corrected chi connectivity index (χ3v) is 6.08. The minimum atomic E-state index is -0.0745. The Kier molecular flexibility index (Phi) is 4.72. The van der Waals surface area contributed by atoms with E-state index in [4.69, 9.17) is 5.73 Å². The molecule has 0 aromatic heterocycles. The summed E-state index contributed by atoms with van der Waals surface area (Å²) in [5.41, 5.74) is 12.9. The second-order valence-corrected chi connectivity index (χ2v) is 7.76. The Hall–Kier alpha value is -3.59. The lowest BCUT2D eigenvalue weighted by Gasteiger charge is -2.34. The van der Waals surface area contributed by atoms with E-state index in [0.717, 1.165) is 18.5 Å². The van der Waals surface area contributed by atoms with Gasteiger partial charge in [-0.1, -0.05) is 84.9 Å². The van der Waals surface area contributed by atoms with Crippen LogP contribution in [-0.4, -0.2) is 13.0 Å². The molecular formula is C27H25N3. The van der Waals surface area contributed by atoms with Gasteiger partial charge in [0.2, 0.25) is 0 Å². The predicted octanol–water partition coefficient (Wildman–Crippen LogP) is 5.48. The molecule has 4 aromatic carbocycles. The molecule has 0 bridgehead atoms. The molecular weight excluding hydrogens is 366 g/mol. The highest BCUT2D eigenvalue weighted by atomic mass is 15.3. The van der Waals surface area contributed by atoms with Crippen LogP contribution < -0.4 is 10.6 Å². The number of nitrogens with zero attached hydrogens (tertiary/aromatic N) is 2. The van der Waals surface area contributed by atoms with Crippen molar-refractivity contribution in [3.8, 4) is 0 Å². The molecule has 0 spiro atoms. The fraction of sp³-hybridized carbons (Fsp3) is 0.148. The first-order chi connectivity index (χ1) is 14.8. The fourth-order valence-corrected chi connectivity index (χ4v) is 4.71. The normalized spacial score (nSPS) is 13.2. The zero-order valence-corrected chi connectivity index (χ0v) is 17.1. The van der Waals surface area contributed by atoms with Crippen LogP contribution in [0.15, 0.2) is 96.0 Å². The highest BCUT2D eigenvalue weighted by Gasteiger charge is 2.28. The standard InChI is InChI=1S/C27H25N3/c1-29-27(28)30(24-18-17-20-16-15-19-13-8-14-23(24)25(19)20)26(21-9-4-2-5-10-21)22-11-6-3-7-12-22/h2-14,17-18,26H,15-16H2,1H3,(H2,28,29). The van der Waals surface area contributed by atoms with E-state index in [1.165, 1.54) is 33.0 Å². The number of benzene rings is 4. The van der Waals surface area contributed by atoms with Crippen LogP contribution in [0.1, 0.15) is 28.3 Å². The number of aliphatic imine (C=N–C) groups is 1. The van der Waals surface area contributed by atoms with Gasteiger partial charge in [0.15, 0.2) is 5.96 Å². The van der Waals surface area contributed by atoms with Crippen molar-refractivity contribution in [2.45, 2.75) is 18.9 Å². The SMILES string of the molecule is CN=C(N)N(c1ccc2c3c(cccc13)CC2)C(c1ccccc1)c1ccccc1. The minimum Gasteiger partial charge on any atom is -0.369 e. The molecule has 0 amide bonds. The maximum absolute atomic E-state index is 6.58. The predicted molar refractivity (Wildman–Crippen MR) is 126 cm³/mol. The molecule has 4 aromatic rings. The number of hydrogen-bond donors (Lipinski definition) is 1. The summed E-state index contributed by atoms with van der Waals surface area (Å²) in [5, 5.41) is 2.62. The molecule has 1 aliphatic rings. The second kappa shape index (κ2) is 7.68. The van der Waals surface area contributed by atoms with Crippen molar-refractivity contribution in [3.63, 3.8) is 0 Å². The number of hydrogen-bond acceptors (Lipinski definition) is 1. The molecule has 0 heterocycles. The lowest BCUT2D eigenvalue weighted by molar-refractivity contribution is 0.835. The fourth-order valence-electron chi connectivity index (χ4n) is 4.71. The van der Waals surface area contributed by atoms with Crippen LogP contribution in [0.4, 0.5) is 5.69 Å². The Morgan fingerprint density at radius 2 is 1.37 bits per heavy atom. The third-order valence-electron chi connectivity index (χ3n) is 6.08. The lowest BCUT2D eigenvalue weighted by Crippen LogP contribution is -2.41. The maximum atomic E-state index is 6.58. The zero-order chi connectivity index (χ0) is 20.5. The first-order valence-electron chi connectivity index (χ1n) is 10.4. The number of rotatable bonds is 4. The number of guanidine groups is 1. The van der Waals surface area contributed by atoms with Gasteiger partial charge < -0.3 is 10.6 Å². The van der Waals surface area contributed by atoms with E-state index in [9.17, 15) is 0 Å². The smallest absolute Gasteiger partial charge is 0.196 e. The van der Waals surface area contributed by atoms with Gasteiger partial charge in [-0.15, -0.1) is 0 Å². The van der Waals surface area contributed by atoms with Gasteiger partial charge >= 0.3 is 0 Å². The zero-order valence-electron chi connectivity index (χ0n) is 17.1. The van der Waals surface area contributed by atoms with E-state index >= 15 is 0 Å². The molecule has 2 N–H and O–H groups in total. The van der Waals surface area contributed by atoms with Crippen LogP contribution in [0.5, 0.6) is 0 Å². The molecule has 0 unspecified atom stereocenters. The average molecular weight is 392 g/mol. The molecule has 0 atom stereocenters. The van der Waals surface area contributed by atoms with Crippen LogP contribution in [-0.2, 0) is 12.8 Å². The van der Waals surface area contributed by atoms with Gasteiger partial charge in [-0.2, -0.15) is 0 Å². The number of nitrogens with two attached hydrogens (primary N) is 1. The van der Waals surface area contributed by atoms with Crippen molar-refractivity contribution in [3.05, 3.63) is 113 Å². The summed E-state index contributed by atoms with van der Waals surface area (Å²) in [5.74, 6) is 0.506. The first-order valence-corrected chi connectivity index (χ1v) is 10.4. The van der Waals surface area contributed by atoms with Crippen molar-refractivity contribution in [1.29, 1.82) is 0 Å². The summed E-state index contributed by atoms with van der Waals surface area (Å²) in [6, 6.07) is 32.1. The van der Waals surface area contributed by atoms with Crippen molar-refractivity contribution in [2.24, 2.45) is 10.7 Å². The molecule has 0 saturated carbocycles. The van der Waals surface area contributed by atoms with Gasteiger partial charge in [0.25, 0.3) is 0 Å². The molecule has 0 saturated heterocycles. The molecule has 3 nitrogen and oxygen atoms in total. The Morgan fingerprint density at radius 1 is 0.767 bits per heavy atom. The first kappa shape index (κ1) is 18.4. The minimum absolute atomic E-state index is 0.0745. The summed E-state index contributed by atoms with van der Waals surface area (Å²) >= 11 is 0.